The van der Waals surface area contributed by atoms with Crippen molar-refractivity contribution in [2.45, 2.75) is 20.0 Å². The number of carbonyl (C=O) groups excluding carboxylic acids is 1. The summed E-state index contributed by atoms with van der Waals surface area (Å²) in [5.74, 6) is 0.943. The third-order valence-corrected chi connectivity index (χ3v) is 5.54. The molecule has 2 N–H and O–H groups in total. The van der Waals surface area contributed by atoms with E-state index in [4.69, 9.17) is 21.1 Å². The van der Waals surface area contributed by atoms with Crippen LogP contribution in [0.3, 0.4) is 0 Å². The molecule has 34 heavy (non-hydrogen) atoms. The maximum Gasteiger partial charge on any atom is 0.323 e. The van der Waals surface area contributed by atoms with Crippen LogP contribution in [0.25, 0.3) is 5.69 Å². The van der Waals surface area contributed by atoms with Gasteiger partial charge in [-0.2, -0.15) is 9.78 Å². The fourth-order valence-electron chi connectivity index (χ4n) is 3.37. The van der Waals surface area contributed by atoms with Crippen molar-refractivity contribution < 1.29 is 14.3 Å². The Hall–Kier alpha value is -3.81. The van der Waals surface area contributed by atoms with Crippen molar-refractivity contribution in [1.82, 2.24) is 9.78 Å². The summed E-state index contributed by atoms with van der Waals surface area (Å²) in [4.78, 5) is 12.7. The van der Waals surface area contributed by atoms with E-state index in [2.05, 4.69) is 15.7 Å². The molecule has 3 aromatic carbocycles. The second-order valence-electron chi connectivity index (χ2n) is 7.66. The number of para-hydroxylation sites is 3. The molecular weight excluding hydrogens is 452 g/mol. The van der Waals surface area contributed by atoms with E-state index in [0.717, 1.165) is 11.3 Å². The van der Waals surface area contributed by atoms with Crippen LogP contribution in [0.1, 0.15) is 24.3 Å². The van der Waals surface area contributed by atoms with Gasteiger partial charge < -0.3 is 20.1 Å². The molecule has 2 amide bonds. The number of aryl methyl sites for hydroxylation is 1. The molecule has 8 heteroatoms. The van der Waals surface area contributed by atoms with Crippen molar-refractivity contribution in [3.05, 3.63) is 95.1 Å². The molecule has 1 atom stereocenters. The van der Waals surface area contributed by atoms with Crippen LogP contribution in [0.15, 0.2) is 78.9 Å². The second kappa shape index (κ2) is 10.4. The molecule has 4 aromatic rings. The first kappa shape index (κ1) is 23.4. The molecule has 174 valence electrons. The monoisotopic (exact) mass is 476 g/mol. The van der Waals surface area contributed by atoms with E-state index in [0.29, 0.717) is 33.7 Å². The highest BCUT2D eigenvalue weighted by atomic mass is 35.5. The van der Waals surface area contributed by atoms with Gasteiger partial charge >= 0.3 is 6.03 Å². The van der Waals surface area contributed by atoms with E-state index in [1.165, 1.54) is 0 Å². The minimum atomic E-state index is -0.389. The van der Waals surface area contributed by atoms with Gasteiger partial charge in [-0.3, -0.25) is 0 Å². The van der Waals surface area contributed by atoms with Crippen molar-refractivity contribution in [3.8, 4) is 17.3 Å². The van der Waals surface area contributed by atoms with E-state index in [1.54, 1.807) is 30.0 Å². The summed E-state index contributed by atoms with van der Waals surface area (Å²) < 4.78 is 13.1. The number of carbonyl (C=O) groups is 1. The third-order valence-electron chi connectivity index (χ3n) is 5.22. The van der Waals surface area contributed by atoms with E-state index >= 15 is 0 Å². The molecule has 1 aromatic heterocycles. The number of nitrogens with zero attached hydrogens (tertiary/aromatic N) is 2. The lowest BCUT2D eigenvalue weighted by Crippen LogP contribution is -2.19. The van der Waals surface area contributed by atoms with Gasteiger partial charge in [0.05, 0.1) is 28.2 Å². The number of hydrogen-bond donors (Lipinski definition) is 2. The molecule has 0 saturated carbocycles. The van der Waals surface area contributed by atoms with Gasteiger partial charge in [-0.25, -0.2) is 4.79 Å². The Labute approximate surface area is 203 Å². The predicted molar refractivity (Wildman–Crippen MR) is 134 cm³/mol. The lowest BCUT2D eigenvalue weighted by Gasteiger charge is -2.14. The van der Waals surface area contributed by atoms with Crippen molar-refractivity contribution in [2.24, 2.45) is 0 Å². The molecule has 0 aliphatic heterocycles. The van der Waals surface area contributed by atoms with Crippen LogP contribution in [-0.2, 0) is 4.74 Å². The molecule has 0 bridgehead atoms. The SMILES string of the molecule is COC(C)c1ccc(NC(=O)Nc2ccccc2Oc2cc(C)nn2-c2ccccc2Cl)cc1. The summed E-state index contributed by atoms with van der Waals surface area (Å²) >= 11 is 6.37. The molecule has 0 fully saturated rings. The maximum absolute atomic E-state index is 12.7. The maximum atomic E-state index is 12.7. The van der Waals surface area contributed by atoms with Gasteiger partial charge in [0.2, 0.25) is 5.88 Å². The fraction of sp³-hybridized carbons (Fsp3) is 0.154. The van der Waals surface area contributed by atoms with E-state index < -0.39 is 0 Å². The number of methoxy groups -OCH3 is 1. The quantitative estimate of drug-likeness (QED) is 0.301. The average molecular weight is 477 g/mol. The smallest absolute Gasteiger partial charge is 0.323 e. The molecular formula is C26H25ClN4O3. The highest BCUT2D eigenvalue weighted by molar-refractivity contribution is 6.32. The molecule has 7 nitrogen and oxygen atoms in total. The summed E-state index contributed by atoms with van der Waals surface area (Å²) in [6.07, 6.45) is -0.0188. The van der Waals surface area contributed by atoms with Gasteiger partial charge in [-0.1, -0.05) is 48.0 Å². The molecule has 0 aliphatic rings. The fourth-order valence-corrected chi connectivity index (χ4v) is 3.59. The van der Waals surface area contributed by atoms with E-state index in [1.807, 2.05) is 74.5 Å². The van der Waals surface area contributed by atoms with Gasteiger partial charge in [0, 0.05) is 18.9 Å². The number of ether oxygens (including phenoxy) is 2. The van der Waals surface area contributed by atoms with Crippen LogP contribution in [0, 0.1) is 6.92 Å². The molecule has 1 heterocycles. The molecule has 1 unspecified atom stereocenters. The minimum absolute atomic E-state index is 0.0188. The third kappa shape index (κ3) is 5.39. The number of urea groups is 1. The first-order valence-electron chi connectivity index (χ1n) is 10.7. The Morgan fingerprint density at radius 2 is 1.71 bits per heavy atom. The van der Waals surface area contributed by atoms with Gasteiger partial charge in [0.25, 0.3) is 0 Å². The Morgan fingerprint density at radius 1 is 1.00 bits per heavy atom. The number of benzene rings is 3. The number of halogens is 1. The number of hydrogen-bond acceptors (Lipinski definition) is 4. The zero-order valence-corrected chi connectivity index (χ0v) is 19.8. The van der Waals surface area contributed by atoms with Gasteiger partial charge in [-0.05, 0) is 55.8 Å². The van der Waals surface area contributed by atoms with Gasteiger partial charge in [0.1, 0.15) is 0 Å². The lowest BCUT2D eigenvalue weighted by atomic mass is 10.1. The topological polar surface area (TPSA) is 77.4 Å². The summed E-state index contributed by atoms with van der Waals surface area (Å²) in [6, 6.07) is 23.5. The van der Waals surface area contributed by atoms with E-state index in [-0.39, 0.29) is 12.1 Å². The van der Waals surface area contributed by atoms with Crippen LogP contribution in [-0.4, -0.2) is 22.9 Å². The number of rotatable bonds is 7. The van der Waals surface area contributed by atoms with Crippen molar-refractivity contribution >= 4 is 29.0 Å². The second-order valence-corrected chi connectivity index (χ2v) is 8.07. The van der Waals surface area contributed by atoms with Crippen LogP contribution in [0.4, 0.5) is 16.2 Å². The number of anilines is 2. The number of aromatic nitrogens is 2. The zero-order chi connectivity index (χ0) is 24.1. The molecule has 4 rings (SSSR count). The molecule has 0 aliphatic carbocycles. The van der Waals surface area contributed by atoms with Crippen LogP contribution >= 0.6 is 11.6 Å². The Morgan fingerprint density at radius 3 is 2.44 bits per heavy atom. The van der Waals surface area contributed by atoms with Crippen LogP contribution in [0.5, 0.6) is 11.6 Å². The summed E-state index contributed by atoms with van der Waals surface area (Å²) in [5.41, 5.74) is 3.66. The van der Waals surface area contributed by atoms with E-state index in [9.17, 15) is 4.79 Å². The number of nitrogens with one attached hydrogen (secondary N) is 2. The average Bonchev–Trinajstić information content (AvgIpc) is 3.20. The Bertz CT molecular complexity index is 1290. The predicted octanol–water partition coefficient (Wildman–Crippen LogP) is 6.98. The summed E-state index contributed by atoms with van der Waals surface area (Å²) in [7, 11) is 1.66. The van der Waals surface area contributed by atoms with Crippen LogP contribution in [0.2, 0.25) is 5.02 Å². The van der Waals surface area contributed by atoms with Gasteiger partial charge in [-0.15, -0.1) is 0 Å². The first-order valence-corrected chi connectivity index (χ1v) is 11.1. The standard InChI is InChI=1S/C26H25ClN4O3/c1-17-16-25(31(30-17)23-10-6-4-8-21(23)27)34-24-11-7-5-9-22(24)29-26(32)28-20-14-12-19(13-15-20)18(2)33-3/h4-16,18H,1-3H3,(H2,28,29,32). The van der Waals surface area contributed by atoms with Crippen molar-refractivity contribution in [3.63, 3.8) is 0 Å². The van der Waals surface area contributed by atoms with Crippen molar-refractivity contribution in [2.75, 3.05) is 17.7 Å². The molecule has 0 saturated heterocycles. The summed E-state index contributed by atoms with van der Waals surface area (Å²) in [5, 5.41) is 10.7. The Balaban J connectivity index is 1.51. The zero-order valence-electron chi connectivity index (χ0n) is 19.1. The largest absolute Gasteiger partial charge is 0.437 e. The highest BCUT2D eigenvalue weighted by Gasteiger charge is 2.15. The normalized spacial score (nSPS) is 11.6. The molecule has 0 radical (unpaired) electrons. The highest BCUT2D eigenvalue weighted by Crippen LogP contribution is 2.32. The minimum Gasteiger partial charge on any atom is -0.437 e. The molecule has 0 spiro atoms. The van der Waals surface area contributed by atoms with Crippen LogP contribution < -0.4 is 15.4 Å². The summed E-state index contributed by atoms with van der Waals surface area (Å²) in [6.45, 7) is 3.84. The Kier molecular flexibility index (Phi) is 7.15. The van der Waals surface area contributed by atoms with Gasteiger partial charge in [0.15, 0.2) is 5.75 Å². The number of amides is 2. The van der Waals surface area contributed by atoms with Crippen molar-refractivity contribution in [1.29, 1.82) is 0 Å². The lowest BCUT2D eigenvalue weighted by molar-refractivity contribution is 0.119. The first-order chi connectivity index (χ1) is 16.4.